The number of rotatable bonds is 3. The molecule has 2 fully saturated rings. The molecule has 104 valence electrons. The van der Waals surface area contributed by atoms with Gasteiger partial charge in [0.05, 0.1) is 0 Å². The molecule has 0 aromatic carbocycles. The minimum atomic E-state index is 0.492. The third kappa shape index (κ3) is 3.42. The standard InChI is InChI=1S/C14H22N4O/c1-2-12(9-15-5-1)18-14-8-13(16-10-17-14)11-3-6-19-7-4-11/h8,10-12,15H,1-7,9H2,(H,16,17,18). The van der Waals surface area contributed by atoms with Gasteiger partial charge in [-0.3, -0.25) is 0 Å². The Kier molecular flexibility index (Phi) is 4.25. The van der Waals surface area contributed by atoms with E-state index in [4.69, 9.17) is 4.74 Å². The van der Waals surface area contributed by atoms with E-state index in [9.17, 15) is 0 Å². The molecule has 2 aliphatic heterocycles. The summed E-state index contributed by atoms with van der Waals surface area (Å²) in [7, 11) is 0. The van der Waals surface area contributed by atoms with Crippen molar-refractivity contribution in [3.05, 3.63) is 18.1 Å². The van der Waals surface area contributed by atoms with Gasteiger partial charge in [0.25, 0.3) is 0 Å². The highest BCUT2D eigenvalue weighted by molar-refractivity contribution is 5.37. The summed E-state index contributed by atoms with van der Waals surface area (Å²) in [6.45, 7) is 3.86. The summed E-state index contributed by atoms with van der Waals surface area (Å²) in [4.78, 5) is 8.78. The van der Waals surface area contributed by atoms with E-state index in [1.807, 2.05) is 0 Å². The van der Waals surface area contributed by atoms with E-state index in [1.54, 1.807) is 6.33 Å². The van der Waals surface area contributed by atoms with Gasteiger partial charge in [-0.05, 0) is 32.2 Å². The topological polar surface area (TPSA) is 59.1 Å². The number of hydrogen-bond donors (Lipinski definition) is 2. The Bertz CT molecular complexity index is 400. The maximum absolute atomic E-state index is 5.41. The number of piperidine rings is 1. The normalized spacial score (nSPS) is 25.2. The molecule has 0 saturated carbocycles. The molecule has 1 aromatic heterocycles. The zero-order chi connectivity index (χ0) is 12.9. The van der Waals surface area contributed by atoms with E-state index in [2.05, 4.69) is 26.7 Å². The minimum absolute atomic E-state index is 0.492. The SMILES string of the molecule is c1nc(NC2CCCNC2)cc(C2CCOCC2)n1. The lowest BCUT2D eigenvalue weighted by Gasteiger charge is -2.25. The van der Waals surface area contributed by atoms with Crippen LogP contribution in [0.1, 0.15) is 37.3 Å². The Labute approximate surface area is 114 Å². The Morgan fingerprint density at radius 3 is 2.89 bits per heavy atom. The minimum Gasteiger partial charge on any atom is -0.381 e. The number of anilines is 1. The fourth-order valence-electron chi connectivity index (χ4n) is 2.85. The third-order valence-electron chi connectivity index (χ3n) is 3.98. The number of hydrogen-bond acceptors (Lipinski definition) is 5. The van der Waals surface area contributed by atoms with Crippen LogP contribution in [0.4, 0.5) is 5.82 Å². The lowest BCUT2D eigenvalue weighted by atomic mass is 9.96. The van der Waals surface area contributed by atoms with Crippen molar-refractivity contribution in [2.45, 2.75) is 37.6 Å². The van der Waals surface area contributed by atoms with Gasteiger partial charge in [0.15, 0.2) is 0 Å². The first-order chi connectivity index (χ1) is 9.42. The number of nitrogens with zero attached hydrogens (tertiary/aromatic N) is 2. The highest BCUT2D eigenvalue weighted by Gasteiger charge is 2.18. The quantitative estimate of drug-likeness (QED) is 0.865. The molecule has 0 amide bonds. The van der Waals surface area contributed by atoms with E-state index in [1.165, 1.54) is 12.8 Å². The average molecular weight is 262 g/mol. The van der Waals surface area contributed by atoms with Crippen molar-refractivity contribution in [1.29, 1.82) is 0 Å². The van der Waals surface area contributed by atoms with E-state index in [0.717, 1.165) is 50.7 Å². The molecule has 0 bridgehead atoms. The number of nitrogens with one attached hydrogen (secondary N) is 2. The molecule has 2 saturated heterocycles. The predicted octanol–water partition coefficient (Wildman–Crippen LogP) is 1.53. The van der Waals surface area contributed by atoms with E-state index < -0.39 is 0 Å². The molecule has 0 aliphatic carbocycles. The first-order valence-corrected chi connectivity index (χ1v) is 7.29. The summed E-state index contributed by atoms with van der Waals surface area (Å²) >= 11 is 0. The molecule has 5 nitrogen and oxygen atoms in total. The lowest BCUT2D eigenvalue weighted by molar-refractivity contribution is 0.0845. The van der Waals surface area contributed by atoms with Crippen molar-refractivity contribution in [1.82, 2.24) is 15.3 Å². The zero-order valence-corrected chi connectivity index (χ0v) is 11.3. The molecule has 2 aliphatic rings. The van der Waals surface area contributed by atoms with Crippen molar-refractivity contribution < 1.29 is 4.74 Å². The van der Waals surface area contributed by atoms with Crippen LogP contribution < -0.4 is 10.6 Å². The van der Waals surface area contributed by atoms with Crippen molar-refractivity contribution in [3.63, 3.8) is 0 Å². The molecule has 0 spiro atoms. The zero-order valence-electron chi connectivity index (χ0n) is 11.3. The molecule has 1 atom stereocenters. The molecular formula is C14H22N4O. The molecule has 1 unspecified atom stereocenters. The molecule has 1 aromatic rings. The van der Waals surface area contributed by atoms with Gasteiger partial charge in [-0.2, -0.15) is 0 Å². The highest BCUT2D eigenvalue weighted by atomic mass is 16.5. The number of ether oxygens (including phenoxy) is 1. The predicted molar refractivity (Wildman–Crippen MR) is 74.3 cm³/mol. The first kappa shape index (κ1) is 12.8. The Hall–Kier alpha value is -1.20. The van der Waals surface area contributed by atoms with Gasteiger partial charge in [-0.1, -0.05) is 0 Å². The van der Waals surface area contributed by atoms with Gasteiger partial charge < -0.3 is 15.4 Å². The van der Waals surface area contributed by atoms with Gasteiger partial charge in [-0.15, -0.1) is 0 Å². The fourth-order valence-corrected chi connectivity index (χ4v) is 2.85. The molecule has 3 heterocycles. The molecule has 5 heteroatoms. The van der Waals surface area contributed by atoms with Crippen LogP contribution in [0, 0.1) is 0 Å². The Balaban J connectivity index is 1.64. The summed E-state index contributed by atoms with van der Waals surface area (Å²) in [6, 6.07) is 2.61. The van der Waals surface area contributed by atoms with Crippen LogP contribution in [0.5, 0.6) is 0 Å². The van der Waals surface area contributed by atoms with Crippen molar-refractivity contribution in [2.75, 3.05) is 31.6 Å². The van der Waals surface area contributed by atoms with Crippen LogP contribution in [0.2, 0.25) is 0 Å². The van der Waals surface area contributed by atoms with Crippen molar-refractivity contribution >= 4 is 5.82 Å². The molecule has 0 radical (unpaired) electrons. The summed E-state index contributed by atoms with van der Waals surface area (Å²) < 4.78 is 5.41. The van der Waals surface area contributed by atoms with Crippen LogP contribution in [-0.4, -0.2) is 42.3 Å². The van der Waals surface area contributed by atoms with Crippen molar-refractivity contribution in [3.8, 4) is 0 Å². The molecule has 19 heavy (non-hydrogen) atoms. The lowest BCUT2D eigenvalue weighted by Crippen LogP contribution is -2.38. The second-order valence-corrected chi connectivity index (χ2v) is 5.40. The summed E-state index contributed by atoms with van der Waals surface area (Å²) in [5.74, 6) is 1.49. The maximum Gasteiger partial charge on any atom is 0.129 e. The van der Waals surface area contributed by atoms with E-state index in [-0.39, 0.29) is 0 Å². The summed E-state index contributed by atoms with van der Waals surface area (Å²) in [5.41, 5.74) is 1.16. The highest BCUT2D eigenvalue weighted by Crippen LogP contribution is 2.26. The fraction of sp³-hybridized carbons (Fsp3) is 0.714. The molecule has 3 rings (SSSR count). The largest absolute Gasteiger partial charge is 0.381 e. The second-order valence-electron chi connectivity index (χ2n) is 5.40. The van der Waals surface area contributed by atoms with Gasteiger partial charge in [0.1, 0.15) is 12.1 Å². The van der Waals surface area contributed by atoms with Gasteiger partial charge in [0, 0.05) is 43.5 Å². The van der Waals surface area contributed by atoms with Crippen molar-refractivity contribution in [2.24, 2.45) is 0 Å². The molecule has 2 N–H and O–H groups in total. The number of aromatic nitrogens is 2. The molecular weight excluding hydrogens is 240 g/mol. The van der Waals surface area contributed by atoms with Crippen LogP contribution >= 0.6 is 0 Å². The maximum atomic E-state index is 5.41. The monoisotopic (exact) mass is 262 g/mol. The summed E-state index contributed by atoms with van der Waals surface area (Å²) in [6.07, 6.45) is 6.27. The van der Waals surface area contributed by atoms with E-state index in [0.29, 0.717) is 12.0 Å². The Morgan fingerprint density at radius 2 is 2.11 bits per heavy atom. The van der Waals surface area contributed by atoms with Gasteiger partial charge in [-0.25, -0.2) is 9.97 Å². The third-order valence-corrected chi connectivity index (χ3v) is 3.98. The first-order valence-electron chi connectivity index (χ1n) is 7.29. The van der Waals surface area contributed by atoms with Crippen LogP contribution in [0.15, 0.2) is 12.4 Å². The van der Waals surface area contributed by atoms with Gasteiger partial charge >= 0.3 is 0 Å². The smallest absolute Gasteiger partial charge is 0.129 e. The average Bonchev–Trinajstić information content (AvgIpc) is 2.49. The van der Waals surface area contributed by atoms with Crippen LogP contribution in [0.25, 0.3) is 0 Å². The summed E-state index contributed by atoms with van der Waals surface area (Å²) in [5, 5.41) is 6.93. The Morgan fingerprint density at radius 1 is 1.21 bits per heavy atom. The van der Waals surface area contributed by atoms with Gasteiger partial charge in [0.2, 0.25) is 0 Å². The van der Waals surface area contributed by atoms with Crippen LogP contribution in [-0.2, 0) is 4.74 Å². The van der Waals surface area contributed by atoms with E-state index >= 15 is 0 Å². The van der Waals surface area contributed by atoms with Crippen LogP contribution in [0.3, 0.4) is 0 Å². The second kappa shape index (κ2) is 6.30.